The van der Waals surface area contributed by atoms with E-state index in [1.54, 1.807) is 61.2 Å². The lowest BCUT2D eigenvalue weighted by molar-refractivity contribution is 0.261. The molecule has 148 valence electrons. The quantitative estimate of drug-likeness (QED) is 0.391. The van der Waals surface area contributed by atoms with Crippen LogP contribution in [-0.2, 0) is 0 Å². The molecule has 0 atom stereocenters. The maximum Gasteiger partial charge on any atom is 0.323 e. The highest BCUT2D eigenvalue weighted by atomic mass is 16.2. The van der Waals surface area contributed by atoms with E-state index < -0.39 is 0 Å². The molecule has 0 spiro atoms. The molecule has 0 radical (unpaired) electrons. The molecule has 8 heteroatoms. The van der Waals surface area contributed by atoms with Crippen molar-refractivity contribution in [3.8, 4) is 0 Å². The number of urea groups is 2. The predicted molar refractivity (Wildman–Crippen MR) is 118 cm³/mol. The van der Waals surface area contributed by atoms with Crippen LogP contribution in [-0.4, -0.2) is 22.0 Å². The molecule has 2 aromatic carbocycles. The van der Waals surface area contributed by atoms with Crippen LogP contribution in [0.1, 0.15) is 0 Å². The van der Waals surface area contributed by atoms with E-state index in [4.69, 9.17) is 0 Å². The Morgan fingerprint density at radius 3 is 1.43 bits per heavy atom. The smallest absolute Gasteiger partial charge is 0.307 e. The summed E-state index contributed by atoms with van der Waals surface area (Å²) in [5, 5.41) is 12.7. The Bertz CT molecular complexity index is 1090. The van der Waals surface area contributed by atoms with Crippen molar-refractivity contribution < 1.29 is 9.59 Å². The van der Waals surface area contributed by atoms with Crippen molar-refractivity contribution in [2.75, 3.05) is 21.3 Å². The highest BCUT2D eigenvalue weighted by molar-refractivity contribution is 6.11. The van der Waals surface area contributed by atoms with Gasteiger partial charge in [-0.05, 0) is 36.4 Å². The van der Waals surface area contributed by atoms with Gasteiger partial charge in [-0.1, -0.05) is 24.3 Å². The zero-order chi connectivity index (χ0) is 20.8. The lowest BCUT2D eigenvalue weighted by atomic mass is 10.1. The van der Waals surface area contributed by atoms with Gasteiger partial charge in [0.05, 0.1) is 35.1 Å². The molecular formula is C22H18N6O2. The zero-order valence-electron chi connectivity index (χ0n) is 15.8. The van der Waals surface area contributed by atoms with Crippen molar-refractivity contribution in [1.82, 2.24) is 9.97 Å². The summed E-state index contributed by atoms with van der Waals surface area (Å²) >= 11 is 0. The summed E-state index contributed by atoms with van der Waals surface area (Å²) in [7, 11) is 0. The van der Waals surface area contributed by atoms with Gasteiger partial charge in [-0.2, -0.15) is 0 Å². The summed E-state index contributed by atoms with van der Waals surface area (Å²) in [5.41, 5.74) is 2.41. The molecule has 0 aliphatic carbocycles. The van der Waals surface area contributed by atoms with Crippen LogP contribution >= 0.6 is 0 Å². The molecule has 0 aliphatic rings. The monoisotopic (exact) mass is 398 g/mol. The number of nitrogens with one attached hydrogen (secondary N) is 4. The Balaban J connectivity index is 1.52. The Hall–Kier alpha value is -4.46. The third-order valence-corrected chi connectivity index (χ3v) is 4.26. The SMILES string of the molecule is O=C(Nc1cccnc1)Nc1cccc2c(NC(=O)Nc3cccnc3)cccc12. The van der Waals surface area contributed by atoms with Crippen LogP contribution in [0.5, 0.6) is 0 Å². The molecular weight excluding hydrogens is 380 g/mol. The first-order valence-electron chi connectivity index (χ1n) is 9.17. The van der Waals surface area contributed by atoms with E-state index in [2.05, 4.69) is 31.2 Å². The van der Waals surface area contributed by atoms with Crippen LogP contribution in [0, 0.1) is 0 Å². The maximum absolute atomic E-state index is 12.4. The van der Waals surface area contributed by atoms with Gasteiger partial charge >= 0.3 is 12.1 Å². The lowest BCUT2D eigenvalue weighted by Gasteiger charge is -2.13. The molecule has 4 aromatic rings. The van der Waals surface area contributed by atoms with Crippen molar-refractivity contribution in [1.29, 1.82) is 0 Å². The number of aromatic nitrogens is 2. The van der Waals surface area contributed by atoms with E-state index in [1.165, 1.54) is 0 Å². The van der Waals surface area contributed by atoms with Crippen LogP contribution in [0.4, 0.5) is 32.3 Å². The molecule has 30 heavy (non-hydrogen) atoms. The number of amides is 4. The van der Waals surface area contributed by atoms with Crippen molar-refractivity contribution in [3.05, 3.63) is 85.5 Å². The summed E-state index contributed by atoms with van der Waals surface area (Å²) in [6.07, 6.45) is 6.39. The minimum Gasteiger partial charge on any atom is -0.307 e. The molecule has 0 aliphatic heterocycles. The molecule has 2 heterocycles. The molecule has 0 saturated heterocycles. The second-order valence-electron chi connectivity index (χ2n) is 6.35. The van der Waals surface area contributed by atoms with Gasteiger partial charge in [0.25, 0.3) is 0 Å². The van der Waals surface area contributed by atoms with Crippen LogP contribution in [0.3, 0.4) is 0 Å². The number of benzene rings is 2. The fraction of sp³-hybridized carbons (Fsp3) is 0. The second-order valence-corrected chi connectivity index (χ2v) is 6.35. The van der Waals surface area contributed by atoms with Gasteiger partial charge in [-0.15, -0.1) is 0 Å². The number of hydrogen-bond acceptors (Lipinski definition) is 4. The summed E-state index contributed by atoms with van der Waals surface area (Å²) in [5.74, 6) is 0. The van der Waals surface area contributed by atoms with E-state index in [-0.39, 0.29) is 12.1 Å². The molecule has 4 rings (SSSR count). The molecule has 0 fully saturated rings. The van der Waals surface area contributed by atoms with Gasteiger partial charge < -0.3 is 21.3 Å². The summed E-state index contributed by atoms with van der Waals surface area (Å²) in [4.78, 5) is 32.7. The molecule has 0 saturated carbocycles. The van der Waals surface area contributed by atoms with Gasteiger partial charge in [-0.3, -0.25) is 9.97 Å². The van der Waals surface area contributed by atoms with E-state index in [0.717, 1.165) is 10.8 Å². The topological polar surface area (TPSA) is 108 Å². The number of anilines is 4. The standard InChI is InChI=1S/C22H18N6O2/c29-21(25-15-5-3-11-23-13-15)27-19-9-1-7-17-18(19)8-2-10-20(17)28-22(30)26-16-6-4-12-24-14-16/h1-14H,(H2,25,27,29)(H2,26,28,30). The van der Waals surface area contributed by atoms with Crippen LogP contribution < -0.4 is 21.3 Å². The number of rotatable bonds is 4. The Labute approximate surface area is 172 Å². The van der Waals surface area contributed by atoms with Crippen molar-refractivity contribution in [2.45, 2.75) is 0 Å². The van der Waals surface area contributed by atoms with Gasteiger partial charge in [0.15, 0.2) is 0 Å². The largest absolute Gasteiger partial charge is 0.323 e. The third-order valence-electron chi connectivity index (χ3n) is 4.26. The number of fused-ring (bicyclic) bond motifs is 1. The molecule has 4 amide bonds. The number of hydrogen-bond donors (Lipinski definition) is 4. The Morgan fingerprint density at radius 1 is 0.567 bits per heavy atom. The predicted octanol–water partition coefficient (Wildman–Crippen LogP) is 4.92. The van der Waals surface area contributed by atoms with Gasteiger partial charge in [-0.25, -0.2) is 9.59 Å². The maximum atomic E-state index is 12.4. The van der Waals surface area contributed by atoms with Gasteiger partial charge in [0, 0.05) is 23.2 Å². The highest BCUT2D eigenvalue weighted by Gasteiger charge is 2.10. The fourth-order valence-corrected chi connectivity index (χ4v) is 2.97. The first-order chi connectivity index (χ1) is 14.7. The summed E-state index contributed by atoms with van der Waals surface area (Å²) in [6, 6.07) is 17.2. The van der Waals surface area contributed by atoms with Crippen molar-refractivity contribution in [3.63, 3.8) is 0 Å². The number of nitrogens with zero attached hydrogens (tertiary/aromatic N) is 2. The van der Waals surface area contributed by atoms with E-state index in [0.29, 0.717) is 22.7 Å². The molecule has 4 N–H and O–H groups in total. The van der Waals surface area contributed by atoms with Crippen molar-refractivity contribution in [2.24, 2.45) is 0 Å². The van der Waals surface area contributed by atoms with Gasteiger partial charge in [0.2, 0.25) is 0 Å². The third kappa shape index (κ3) is 4.50. The van der Waals surface area contributed by atoms with E-state index in [1.807, 2.05) is 24.3 Å². The molecule has 2 aromatic heterocycles. The normalized spacial score (nSPS) is 10.3. The minimum atomic E-state index is -0.386. The van der Waals surface area contributed by atoms with Crippen LogP contribution in [0.2, 0.25) is 0 Å². The van der Waals surface area contributed by atoms with Crippen LogP contribution in [0.25, 0.3) is 10.8 Å². The number of carbonyl (C=O) groups excluding carboxylic acids is 2. The van der Waals surface area contributed by atoms with Gasteiger partial charge in [0.1, 0.15) is 0 Å². The van der Waals surface area contributed by atoms with E-state index >= 15 is 0 Å². The van der Waals surface area contributed by atoms with Crippen molar-refractivity contribution >= 4 is 45.6 Å². The van der Waals surface area contributed by atoms with E-state index in [9.17, 15) is 9.59 Å². The molecule has 0 unspecified atom stereocenters. The van der Waals surface area contributed by atoms with Crippen LogP contribution in [0.15, 0.2) is 85.5 Å². The summed E-state index contributed by atoms with van der Waals surface area (Å²) < 4.78 is 0. The Kier molecular flexibility index (Phi) is 5.47. The summed E-state index contributed by atoms with van der Waals surface area (Å²) in [6.45, 7) is 0. The Morgan fingerprint density at radius 2 is 1.03 bits per heavy atom. The highest BCUT2D eigenvalue weighted by Crippen LogP contribution is 2.29. The minimum absolute atomic E-state index is 0.386. The fourth-order valence-electron chi connectivity index (χ4n) is 2.97. The zero-order valence-corrected chi connectivity index (χ0v) is 15.8. The average Bonchev–Trinajstić information content (AvgIpc) is 2.76. The first-order valence-corrected chi connectivity index (χ1v) is 9.17. The first kappa shape index (κ1) is 18.9. The average molecular weight is 398 g/mol. The number of carbonyl (C=O) groups is 2. The lowest BCUT2D eigenvalue weighted by Crippen LogP contribution is -2.20. The second kappa shape index (κ2) is 8.70. The molecule has 0 bridgehead atoms. The number of pyridine rings is 2. The molecule has 8 nitrogen and oxygen atoms in total.